The number of imide groups is 1. The average Bonchev–Trinajstić information content (AvgIpc) is 3.58. The molecule has 6 rings (SSSR count). The summed E-state index contributed by atoms with van der Waals surface area (Å²) in [5, 5.41) is 2.40. The zero-order chi connectivity index (χ0) is 25.0. The quantitative estimate of drug-likeness (QED) is 0.442. The number of rotatable bonds is 4. The number of thiophene rings is 1. The lowest BCUT2D eigenvalue weighted by atomic mass is 9.87. The van der Waals surface area contributed by atoms with E-state index in [0.29, 0.717) is 28.8 Å². The fourth-order valence-corrected chi connectivity index (χ4v) is 9.10. The van der Waals surface area contributed by atoms with Crippen molar-refractivity contribution in [3.8, 4) is 0 Å². The van der Waals surface area contributed by atoms with Crippen molar-refractivity contribution in [1.29, 1.82) is 0 Å². The number of thiazole rings is 1. The first kappa shape index (κ1) is 24.0. The van der Waals surface area contributed by atoms with Gasteiger partial charge in [0.2, 0.25) is 17.7 Å². The van der Waals surface area contributed by atoms with Crippen LogP contribution in [-0.2, 0) is 20.9 Å². The van der Waals surface area contributed by atoms with Crippen LogP contribution in [0, 0.1) is 5.92 Å². The molecule has 0 saturated carbocycles. The number of fused-ring (bicyclic) bond motifs is 2. The lowest BCUT2D eigenvalue weighted by Crippen LogP contribution is -2.39. The second kappa shape index (κ2) is 9.48. The minimum atomic E-state index is -0.682. The van der Waals surface area contributed by atoms with Gasteiger partial charge in [0.1, 0.15) is 11.8 Å². The number of aromatic nitrogens is 1. The van der Waals surface area contributed by atoms with Gasteiger partial charge in [0.25, 0.3) is 0 Å². The van der Waals surface area contributed by atoms with Crippen LogP contribution in [0.5, 0.6) is 0 Å². The molecule has 186 valence electrons. The van der Waals surface area contributed by atoms with E-state index in [9.17, 15) is 19.2 Å². The van der Waals surface area contributed by atoms with Gasteiger partial charge in [-0.15, -0.1) is 11.3 Å². The van der Waals surface area contributed by atoms with Crippen molar-refractivity contribution in [2.45, 2.75) is 42.0 Å². The molecule has 36 heavy (non-hydrogen) atoms. The average molecular weight is 560 g/mol. The second-order valence-corrected chi connectivity index (χ2v) is 12.6. The first-order valence-electron chi connectivity index (χ1n) is 11.8. The van der Waals surface area contributed by atoms with Crippen molar-refractivity contribution in [3.05, 3.63) is 66.2 Å². The molecule has 3 aliphatic heterocycles. The Labute approximate surface area is 224 Å². The molecule has 3 aromatic rings. The summed E-state index contributed by atoms with van der Waals surface area (Å²) in [6.45, 7) is 1.37. The van der Waals surface area contributed by atoms with Crippen molar-refractivity contribution in [2.75, 3.05) is 18.0 Å². The number of hydrogen-bond acceptors (Lipinski definition) is 7. The van der Waals surface area contributed by atoms with Crippen LogP contribution in [-0.4, -0.2) is 45.5 Å². The SMILES string of the molecule is O=C(Cn1c2c(sc1=O)[C@@H](c1cccs1)[C@H]1C(=O)N(c3ccc(Cl)cc3)C(=O)[C@H]1S2)N1CCCCC1. The van der Waals surface area contributed by atoms with Crippen LogP contribution in [0.1, 0.15) is 34.9 Å². The highest BCUT2D eigenvalue weighted by Crippen LogP contribution is 2.54. The zero-order valence-corrected chi connectivity index (χ0v) is 22.3. The largest absolute Gasteiger partial charge is 0.341 e. The van der Waals surface area contributed by atoms with Gasteiger partial charge in [-0.25, -0.2) is 4.90 Å². The van der Waals surface area contributed by atoms with E-state index in [0.717, 1.165) is 40.4 Å². The zero-order valence-electron chi connectivity index (χ0n) is 19.1. The minimum Gasteiger partial charge on any atom is -0.341 e. The number of likely N-dealkylation sites (tertiary alicyclic amines) is 1. The third-order valence-electron chi connectivity index (χ3n) is 6.99. The summed E-state index contributed by atoms with van der Waals surface area (Å²) < 4.78 is 1.52. The maximum Gasteiger partial charge on any atom is 0.308 e. The maximum atomic E-state index is 13.7. The Morgan fingerprint density at radius 1 is 1.00 bits per heavy atom. The molecule has 2 fully saturated rings. The van der Waals surface area contributed by atoms with E-state index < -0.39 is 17.1 Å². The number of piperidine rings is 1. The highest BCUT2D eigenvalue weighted by molar-refractivity contribution is 8.00. The molecular weight excluding hydrogens is 538 g/mol. The van der Waals surface area contributed by atoms with Gasteiger partial charge < -0.3 is 4.90 Å². The third kappa shape index (κ3) is 3.95. The Morgan fingerprint density at radius 2 is 1.75 bits per heavy atom. The first-order valence-corrected chi connectivity index (χ1v) is 14.7. The van der Waals surface area contributed by atoms with E-state index >= 15 is 0 Å². The summed E-state index contributed by atoms with van der Waals surface area (Å²) in [5.41, 5.74) is 0.482. The molecule has 3 aliphatic rings. The predicted octanol–water partition coefficient (Wildman–Crippen LogP) is 4.43. The molecule has 11 heteroatoms. The molecule has 0 aliphatic carbocycles. The highest BCUT2D eigenvalue weighted by atomic mass is 35.5. The Balaban J connectivity index is 1.41. The Bertz CT molecular complexity index is 1390. The number of benzene rings is 1. The van der Waals surface area contributed by atoms with Crippen molar-refractivity contribution in [1.82, 2.24) is 9.47 Å². The number of carbonyl (C=O) groups is 3. The number of amides is 3. The minimum absolute atomic E-state index is 0.0464. The van der Waals surface area contributed by atoms with Gasteiger partial charge >= 0.3 is 4.87 Å². The van der Waals surface area contributed by atoms with E-state index in [2.05, 4.69) is 0 Å². The fourth-order valence-electron chi connectivity index (χ4n) is 5.25. The number of carbonyl (C=O) groups excluding carboxylic acids is 3. The molecule has 7 nitrogen and oxygen atoms in total. The van der Waals surface area contributed by atoms with Crippen molar-refractivity contribution in [2.24, 2.45) is 5.92 Å². The summed E-state index contributed by atoms with van der Waals surface area (Å²) in [4.78, 5) is 58.1. The molecule has 2 saturated heterocycles. The molecule has 1 aromatic carbocycles. The van der Waals surface area contributed by atoms with Crippen LogP contribution in [0.4, 0.5) is 5.69 Å². The van der Waals surface area contributed by atoms with Crippen molar-refractivity contribution < 1.29 is 14.4 Å². The number of nitrogens with zero attached hydrogens (tertiary/aromatic N) is 3. The van der Waals surface area contributed by atoms with Gasteiger partial charge in [-0.2, -0.15) is 0 Å². The number of halogens is 1. The normalized spacial score (nSPS) is 23.6. The Hall–Kier alpha value is -2.40. The van der Waals surface area contributed by atoms with Crippen molar-refractivity contribution in [3.63, 3.8) is 0 Å². The Morgan fingerprint density at radius 3 is 2.44 bits per heavy atom. The molecular formula is C25H22ClN3O4S3. The molecule has 0 bridgehead atoms. The fraction of sp³-hybridized carbons (Fsp3) is 0.360. The van der Waals surface area contributed by atoms with Crippen LogP contribution in [0.2, 0.25) is 5.02 Å². The highest BCUT2D eigenvalue weighted by Gasteiger charge is 2.57. The summed E-state index contributed by atoms with van der Waals surface area (Å²) in [7, 11) is 0. The number of anilines is 1. The van der Waals surface area contributed by atoms with E-state index in [-0.39, 0.29) is 29.1 Å². The van der Waals surface area contributed by atoms with Crippen LogP contribution in [0.15, 0.2) is 51.6 Å². The maximum absolute atomic E-state index is 13.7. The smallest absolute Gasteiger partial charge is 0.308 e. The van der Waals surface area contributed by atoms with Gasteiger partial charge in [0.15, 0.2) is 0 Å². The molecule has 0 unspecified atom stereocenters. The predicted molar refractivity (Wildman–Crippen MR) is 142 cm³/mol. The molecule has 0 N–H and O–H groups in total. The van der Waals surface area contributed by atoms with Crippen LogP contribution in [0.25, 0.3) is 0 Å². The van der Waals surface area contributed by atoms with Gasteiger partial charge in [-0.1, -0.05) is 40.8 Å². The van der Waals surface area contributed by atoms with Gasteiger partial charge in [0, 0.05) is 33.8 Å². The van der Waals surface area contributed by atoms with Crippen LogP contribution in [0.3, 0.4) is 0 Å². The first-order chi connectivity index (χ1) is 17.4. The number of thioether (sulfide) groups is 1. The van der Waals surface area contributed by atoms with Gasteiger partial charge in [-0.3, -0.25) is 23.7 Å². The standard InChI is InChI=1S/C25H22ClN3O4S3/c26-14-6-8-15(9-7-14)29-22(31)19-18(16-5-4-12-34-16)21-24(35-20(19)23(29)32)28(25(33)36-21)13-17(30)27-10-2-1-3-11-27/h4-9,12,18-20H,1-3,10-11,13H2/t18-,19+,20-/m0/s1. The second-order valence-electron chi connectivity index (χ2n) is 9.11. The van der Waals surface area contributed by atoms with E-state index in [1.807, 2.05) is 22.4 Å². The summed E-state index contributed by atoms with van der Waals surface area (Å²) in [5.74, 6) is -1.71. The molecule has 2 aromatic heterocycles. The molecule has 0 radical (unpaired) electrons. The summed E-state index contributed by atoms with van der Waals surface area (Å²) >= 11 is 9.87. The topological polar surface area (TPSA) is 79.7 Å². The van der Waals surface area contributed by atoms with Gasteiger partial charge in [-0.05, 0) is 55.0 Å². The van der Waals surface area contributed by atoms with Gasteiger partial charge in [0.05, 0.1) is 16.6 Å². The van der Waals surface area contributed by atoms with Crippen molar-refractivity contribution >= 4 is 69.4 Å². The van der Waals surface area contributed by atoms with E-state index in [1.165, 1.54) is 32.6 Å². The number of hydrogen-bond donors (Lipinski definition) is 0. The lowest BCUT2D eigenvalue weighted by molar-refractivity contribution is -0.133. The molecule has 3 amide bonds. The van der Waals surface area contributed by atoms with Crippen LogP contribution >= 0.6 is 46.0 Å². The van der Waals surface area contributed by atoms with E-state index in [4.69, 9.17) is 11.6 Å². The third-order valence-corrected chi connectivity index (χ3v) is 10.8. The van der Waals surface area contributed by atoms with Crippen LogP contribution < -0.4 is 9.77 Å². The van der Waals surface area contributed by atoms with E-state index in [1.54, 1.807) is 24.3 Å². The summed E-state index contributed by atoms with van der Waals surface area (Å²) in [6.07, 6.45) is 3.05. The molecule has 3 atom stereocenters. The molecule has 0 spiro atoms. The summed E-state index contributed by atoms with van der Waals surface area (Å²) in [6, 6.07) is 10.5. The lowest BCUT2D eigenvalue weighted by Gasteiger charge is -2.30. The molecule has 5 heterocycles. The Kier molecular flexibility index (Phi) is 6.31. The monoisotopic (exact) mass is 559 g/mol.